The molecule has 0 aliphatic carbocycles. The molecular weight excluding hydrogens is 416 g/mol. The van der Waals surface area contributed by atoms with Gasteiger partial charge in [0.15, 0.2) is 5.17 Å². The number of benzene rings is 2. The van der Waals surface area contributed by atoms with E-state index < -0.39 is 0 Å². The first-order chi connectivity index (χ1) is 15.2. The Labute approximate surface area is 195 Å². The summed E-state index contributed by atoms with van der Waals surface area (Å²) >= 11 is 1.36. The summed E-state index contributed by atoms with van der Waals surface area (Å²) in [6, 6.07) is 14.6. The van der Waals surface area contributed by atoms with E-state index in [1.165, 1.54) is 11.8 Å². The number of thioether (sulfide) groups is 1. The van der Waals surface area contributed by atoms with Crippen LogP contribution in [0.4, 0.5) is 11.4 Å². The summed E-state index contributed by atoms with van der Waals surface area (Å²) in [6.45, 7) is 9.61. The van der Waals surface area contributed by atoms with Gasteiger partial charge in [-0.15, -0.1) is 0 Å². The summed E-state index contributed by atoms with van der Waals surface area (Å²) in [6.07, 6.45) is 6.22. The van der Waals surface area contributed by atoms with E-state index in [0.29, 0.717) is 0 Å². The first-order valence-corrected chi connectivity index (χ1v) is 11.5. The summed E-state index contributed by atoms with van der Waals surface area (Å²) in [4.78, 5) is 2.17. The summed E-state index contributed by atoms with van der Waals surface area (Å²) in [5.41, 5.74) is 11.7. The molecule has 5 nitrogen and oxygen atoms in total. The van der Waals surface area contributed by atoms with E-state index in [1.54, 1.807) is 7.11 Å². The highest BCUT2D eigenvalue weighted by Gasteiger charge is 2.27. The zero-order chi connectivity index (χ0) is 23.3. The standard InChI is InChI=1S/C26H32N4OS/c1-18-16-20(19-6-8-21(9-7-19)30(4)14-15-32-25(27)28)12-13-29-24-11-10-22(31-5)17-23(24)26(18,2)3/h6-13,16-17,29H,1,14-15H2,2-5H3,(H3,27,28)/b13-12-,20-16+. The number of allylic oxidation sites excluding steroid dienone is 4. The van der Waals surface area contributed by atoms with Crippen molar-refractivity contribution in [1.29, 1.82) is 5.41 Å². The molecule has 0 amide bonds. The van der Waals surface area contributed by atoms with Gasteiger partial charge in [0.25, 0.3) is 0 Å². The van der Waals surface area contributed by atoms with Crippen LogP contribution < -0.4 is 20.7 Å². The van der Waals surface area contributed by atoms with E-state index >= 15 is 0 Å². The van der Waals surface area contributed by atoms with Crippen LogP contribution >= 0.6 is 11.8 Å². The molecule has 0 atom stereocenters. The Morgan fingerprint density at radius 1 is 1.22 bits per heavy atom. The monoisotopic (exact) mass is 448 g/mol. The first kappa shape index (κ1) is 23.5. The molecule has 0 aromatic heterocycles. The van der Waals surface area contributed by atoms with Crippen LogP contribution in [-0.2, 0) is 5.41 Å². The van der Waals surface area contributed by atoms with Gasteiger partial charge in [-0.3, -0.25) is 5.41 Å². The number of anilines is 2. The zero-order valence-corrected chi connectivity index (χ0v) is 20.1. The van der Waals surface area contributed by atoms with Crippen molar-refractivity contribution in [1.82, 2.24) is 0 Å². The molecule has 6 heteroatoms. The van der Waals surface area contributed by atoms with Crippen molar-refractivity contribution in [2.45, 2.75) is 19.3 Å². The summed E-state index contributed by atoms with van der Waals surface area (Å²) in [7, 11) is 3.74. The van der Waals surface area contributed by atoms with Gasteiger partial charge in [-0.25, -0.2) is 0 Å². The third-order valence-corrected chi connectivity index (χ3v) is 6.56. The smallest absolute Gasteiger partial charge is 0.151 e. The van der Waals surface area contributed by atoms with Gasteiger partial charge in [-0.05, 0) is 58.7 Å². The Bertz CT molecular complexity index is 1050. The lowest BCUT2D eigenvalue weighted by Gasteiger charge is -2.29. The van der Waals surface area contributed by atoms with Crippen molar-refractivity contribution in [3.63, 3.8) is 0 Å². The van der Waals surface area contributed by atoms with Gasteiger partial charge in [0, 0.05) is 42.3 Å². The largest absolute Gasteiger partial charge is 0.497 e. The van der Waals surface area contributed by atoms with Gasteiger partial charge >= 0.3 is 0 Å². The maximum absolute atomic E-state index is 7.33. The normalized spacial score (nSPS) is 17.5. The van der Waals surface area contributed by atoms with E-state index in [-0.39, 0.29) is 10.6 Å². The summed E-state index contributed by atoms with van der Waals surface area (Å²) in [5, 5.41) is 10.9. The lowest BCUT2D eigenvalue weighted by Crippen LogP contribution is -2.21. The van der Waals surface area contributed by atoms with Crippen LogP contribution in [0.3, 0.4) is 0 Å². The number of hydrogen-bond donors (Lipinski definition) is 3. The van der Waals surface area contributed by atoms with E-state index in [0.717, 1.165) is 51.7 Å². The van der Waals surface area contributed by atoms with Crippen LogP contribution in [-0.4, -0.2) is 31.6 Å². The topological polar surface area (TPSA) is 74.4 Å². The highest BCUT2D eigenvalue weighted by Crippen LogP contribution is 2.40. The Morgan fingerprint density at radius 2 is 1.94 bits per heavy atom. The molecule has 1 aliphatic heterocycles. The number of ether oxygens (including phenoxy) is 1. The van der Waals surface area contributed by atoms with Gasteiger partial charge in [0.1, 0.15) is 5.75 Å². The van der Waals surface area contributed by atoms with E-state index in [2.05, 4.69) is 80.2 Å². The number of nitrogens with zero attached hydrogens (tertiary/aromatic N) is 1. The van der Waals surface area contributed by atoms with Crippen molar-refractivity contribution in [2.24, 2.45) is 5.73 Å². The third kappa shape index (κ3) is 5.37. The number of amidine groups is 1. The molecule has 1 heterocycles. The van der Waals surface area contributed by atoms with Crippen molar-refractivity contribution in [3.05, 3.63) is 84.1 Å². The van der Waals surface area contributed by atoms with Crippen LogP contribution in [0.5, 0.6) is 5.75 Å². The van der Waals surface area contributed by atoms with Crippen LogP contribution in [0.2, 0.25) is 0 Å². The Hall–Kier alpha value is -3.12. The van der Waals surface area contributed by atoms with Gasteiger partial charge in [0.05, 0.1) is 7.11 Å². The molecule has 3 rings (SSSR count). The minimum Gasteiger partial charge on any atom is -0.497 e. The number of rotatable bonds is 6. The number of nitrogens with two attached hydrogens (primary N) is 1. The van der Waals surface area contributed by atoms with Crippen LogP contribution in [0.25, 0.3) is 5.57 Å². The van der Waals surface area contributed by atoms with E-state index in [9.17, 15) is 0 Å². The lowest BCUT2D eigenvalue weighted by molar-refractivity contribution is 0.413. The van der Waals surface area contributed by atoms with E-state index in [4.69, 9.17) is 15.9 Å². The molecule has 0 radical (unpaired) electrons. The Morgan fingerprint density at radius 3 is 2.59 bits per heavy atom. The maximum Gasteiger partial charge on any atom is 0.151 e. The fourth-order valence-corrected chi connectivity index (χ4v) is 4.20. The molecule has 168 valence electrons. The second kappa shape index (κ2) is 10.0. The molecule has 0 fully saturated rings. The highest BCUT2D eigenvalue weighted by molar-refractivity contribution is 8.13. The van der Waals surface area contributed by atoms with Crippen LogP contribution in [0.15, 0.2) is 73.0 Å². The number of hydrogen-bond acceptors (Lipinski definition) is 5. The first-order valence-electron chi connectivity index (χ1n) is 10.5. The molecule has 2 aromatic rings. The molecule has 0 bridgehead atoms. The summed E-state index contributed by atoms with van der Waals surface area (Å²) in [5.74, 6) is 1.62. The second-order valence-electron chi connectivity index (χ2n) is 8.32. The van der Waals surface area contributed by atoms with Crippen molar-refractivity contribution in [3.8, 4) is 5.75 Å². The average molecular weight is 449 g/mol. The SMILES string of the molecule is C=C1/C=C(c2ccc(N(C)CCSC(=N)N)cc2)\C=C/Nc2ccc(OC)cc2C1(C)C. The molecule has 0 spiro atoms. The maximum atomic E-state index is 7.33. The predicted molar refractivity (Wildman–Crippen MR) is 140 cm³/mol. The van der Waals surface area contributed by atoms with Crippen LogP contribution in [0, 0.1) is 5.41 Å². The predicted octanol–water partition coefficient (Wildman–Crippen LogP) is 5.61. The molecule has 1 aliphatic rings. The molecule has 0 saturated carbocycles. The van der Waals surface area contributed by atoms with Crippen molar-refractivity contribution < 1.29 is 4.74 Å². The second-order valence-corrected chi connectivity index (χ2v) is 9.46. The number of methoxy groups -OCH3 is 1. The minimum absolute atomic E-state index is 0.157. The molecule has 0 unspecified atom stereocenters. The third-order valence-electron chi connectivity index (χ3n) is 5.86. The lowest BCUT2D eigenvalue weighted by atomic mass is 9.76. The molecule has 4 N–H and O–H groups in total. The Kier molecular flexibility index (Phi) is 7.36. The molecule has 2 aromatic carbocycles. The van der Waals surface area contributed by atoms with Gasteiger partial charge < -0.3 is 20.7 Å². The fraction of sp³-hybridized carbons (Fsp3) is 0.269. The molecular formula is C26H32N4OS. The van der Waals surface area contributed by atoms with Gasteiger partial charge in [0.2, 0.25) is 0 Å². The number of nitrogens with one attached hydrogen (secondary N) is 2. The summed E-state index contributed by atoms with van der Waals surface area (Å²) < 4.78 is 5.46. The average Bonchev–Trinajstić information content (AvgIpc) is 2.81. The molecule has 0 saturated heterocycles. The van der Waals surface area contributed by atoms with E-state index in [1.807, 2.05) is 18.3 Å². The zero-order valence-electron chi connectivity index (χ0n) is 19.2. The highest BCUT2D eigenvalue weighted by atomic mass is 32.2. The minimum atomic E-state index is -0.275. The fourth-order valence-electron chi connectivity index (χ4n) is 3.61. The van der Waals surface area contributed by atoms with Crippen LogP contribution in [0.1, 0.15) is 25.0 Å². The quantitative estimate of drug-likeness (QED) is 0.395. The van der Waals surface area contributed by atoms with Gasteiger partial charge in [-0.2, -0.15) is 0 Å². The Balaban J connectivity index is 1.86. The number of fused-ring (bicyclic) bond motifs is 1. The van der Waals surface area contributed by atoms with Crippen molar-refractivity contribution in [2.75, 3.05) is 36.7 Å². The molecule has 32 heavy (non-hydrogen) atoms. The van der Waals surface area contributed by atoms with Crippen molar-refractivity contribution >= 4 is 33.9 Å². The van der Waals surface area contributed by atoms with Gasteiger partial charge in [-0.1, -0.05) is 50.4 Å².